The number of nitrogens with two attached hydrogens (primary N) is 2. The van der Waals surface area contributed by atoms with Crippen LogP contribution in [-0.4, -0.2) is 147 Å². The lowest BCUT2D eigenvalue weighted by Gasteiger charge is -2.28. The number of nitrogens with one attached hydrogen (secondary N) is 8. The predicted octanol–water partition coefficient (Wildman–Crippen LogP) is 4.66. The van der Waals surface area contributed by atoms with Crippen LogP contribution in [0.15, 0.2) is 85.1 Å². The maximum absolute atomic E-state index is 13.3. The Kier molecular flexibility index (Phi) is 44.6. The lowest BCUT2D eigenvalue weighted by molar-refractivity contribution is -0.141. The van der Waals surface area contributed by atoms with Crippen LogP contribution in [0.3, 0.4) is 0 Å². The summed E-state index contributed by atoms with van der Waals surface area (Å²) in [5, 5.41) is 45.3. The van der Waals surface area contributed by atoms with Gasteiger partial charge in [-0.1, -0.05) is 129 Å². The number of H-pyrrole nitrogens is 1. The predicted molar refractivity (Wildman–Crippen MR) is 332 cm³/mol. The molecule has 0 aliphatic rings. The third kappa shape index (κ3) is 38.0. The second-order valence-corrected chi connectivity index (χ2v) is 20.0. The standard InChI is InChI=1S/C32H39N9O10.C12H23NO3.C7H8.C3H8S.3C2H6/c33-12-26(44)39-22(9-17-5-7-19(42)8-6-17)30(49)37-15-27(45)40-23(10-18-13-35-21-4-2-1-3-20(18)21)31(50)38-16-28(46)41-24(11-29(47)48)32(51)36-14-25(34)43;1-8(2)11(16)9(6-7-10(14)15)13-12(3,4)5;1-7-5-3-2-4-6-7;1-3-4-2;3*1-2/h1-8,13,22-24,35,42H,9-12,14-16,33H2,(H2,34,43)(H,36,51)(H,37,49)(H,38,50)(H,39,44)(H,40,45)(H,41,46)(H,47,48);8-9,13H,6-7H2,1-5H3,(H,14,15);2-6H,1H3;3H2,1-2H3;3*1-2H3/t22-,23-,24?;;;;;;/m0....../s1. The van der Waals surface area contributed by atoms with Gasteiger partial charge in [0.25, 0.3) is 0 Å². The molecule has 2 unspecified atom stereocenters. The molecule has 0 fully saturated rings. The van der Waals surface area contributed by atoms with Crippen LogP contribution in [0.4, 0.5) is 0 Å². The van der Waals surface area contributed by atoms with Gasteiger partial charge in [-0.15, -0.1) is 0 Å². The molecule has 24 heteroatoms. The van der Waals surface area contributed by atoms with Crippen molar-refractivity contribution in [3.63, 3.8) is 0 Å². The van der Waals surface area contributed by atoms with Crippen molar-refractivity contribution in [3.05, 3.63) is 102 Å². The van der Waals surface area contributed by atoms with Gasteiger partial charge in [0.15, 0.2) is 5.78 Å². The highest BCUT2D eigenvalue weighted by Crippen LogP contribution is 2.19. The van der Waals surface area contributed by atoms with Crippen molar-refractivity contribution in [1.82, 2.24) is 42.2 Å². The summed E-state index contributed by atoms with van der Waals surface area (Å²) in [5.74, 6) is -6.88. The Hall–Kier alpha value is -7.83. The molecule has 0 aliphatic heterocycles. The first-order valence-corrected chi connectivity index (χ1v) is 29.4. The summed E-state index contributed by atoms with van der Waals surface area (Å²) in [6.07, 6.45) is 3.22. The molecule has 470 valence electrons. The minimum Gasteiger partial charge on any atom is -0.508 e. The molecular formula is C60H96N10O13S. The highest BCUT2D eigenvalue weighted by atomic mass is 32.2. The zero-order valence-electron chi connectivity index (χ0n) is 51.5. The van der Waals surface area contributed by atoms with Gasteiger partial charge in [-0.2, -0.15) is 11.8 Å². The minimum atomic E-state index is -1.59. The van der Waals surface area contributed by atoms with Gasteiger partial charge >= 0.3 is 11.9 Å². The quantitative estimate of drug-likeness (QED) is 0.0407. The number of aryl methyl sites for hydroxylation is 1. The fourth-order valence-electron chi connectivity index (χ4n) is 6.83. The van der Waals surface area contributed by atoms with Crippen LogP contribution in [0.2, 0.25) is 0 Å². The maximum Gasteiger partial charge on any atom is 0.305 e. The summed E-state index contributed by atoms with van der Waals surface area (Å²) < 4.78 is 0. The SMILES string of the molecule is CC.CC.CC.CC(C)C(=O)C(CCC(=O)O)NC(C)(C)C.CCSC.Cc1ccccc1.NCC(=O)N[C@@H](Cc1ccc(O)cc1)C(=O)NCC(=O)N[C@@H](Cc1c[nH]c2ccccc12)C(=O)NCC(=O)NC(CC(=O)O)C(=O)NCC(N)=O. The molecular weight excluding hydrogens is 1100 g/mol. The lowest BCUT2D eigenvalue weighted by atomic mass is 9.95. The summed E-state index contributed by atoms with van der Waals surface area (Å²) in [7, 11) is 0. The molecule has 7 amide bonds. The number of fused-ring (bicyclic) bond motifs is 1. The van der Waals surface area contributed by atoms with Crippen molar-refractivity contribution in [2.75, 3.05) is 38.2 Å². The molecule has 1 heterocycles. The van der Waals surface area contributed by atoms with E-state index in [2.05, 4.69) is 74.4 Å². The van der Waals surface area contributed by atoms with E-state index in [1.54, 1.807) is 42.6 Å². The number of thioether (sulfide) groups is 1. The van der Waals surface area contributed by atoms with E-state index in [-0.39, 0.29) is 48.3 Å². The Labute approximate surface area is 500 Å². The maximum atomic E-state index is 13.3. The van der Waals surface area contributed by atoms with Crippen LogP contribution in [0.25, 0.3) is 10.9 Å². The highest BCUT2D eigenvalue weighted by molar-refractivity contribution is 7.98. The fraction of sp³-hybridized carbons (Fsp3) is 0.500. The highest BCUT2D eigenvalue weighted by Gasteiger charge is 2.29. The Bertz CT molecular complexity index is 2570. The van der Waals surface area contributed by atoms with Gasteiger partial charge in [0, 0.05) is 47.8 Å². The number of benzene rings is 3. The average molecular weight is 1200 g/mol. The third-order valence-electron chi connectivity index (χ3n) is 10.7. The number of aromatic nitrogens is 1. The summed E-state index contributed by atoms with van der Waals surface area (Å²) >= 11 is 1.86. The van der Waals surface area contributed by atoms with E-state index >= 15 is 0 Å². The number of phenols is 1. The monoisotopic (exact) mass is 1200 g/mol. The molecule has 0 aliphatic carbocycles. The first-order valence-electron chi connectivity index (χ1n) is 28.0. The van der Waals surface area contributed by atoms with Crippen molar-refractivity contribution >= 4 is 81.7 Å². The number of Topliss-reactive ketones (excluding diaryl/α,β-unsaturated/α-hetero) is 1. The summed E-state index contributed by atoms with van der Waals surface area (Å²) in [6, 6.07) is 19.0. The first kappa shape index (κ1) is 80.4. The van der Waals surface area contributed by atoms with Crippen LogP contribution in [-0.2, 0) is 60.8 Å². The number of carbonyl (C=O) groups excluding carboxylic acids is 8. The zero-order valence-corrected chi connectivity index (χ0v) is 52.3. The molecule has 3 aromatic carbocycles. The van der Waals surface area contributed by atoms with E-state index in [1.165, 1.54) is 23.4 Å². The van der Waals surface area contributed by atoms with Gasteiger partial charge in [0.2, 0.25) is 41.4 Å². The number of phenolic OH excluding ortho intramolecular Hbond substituents is 1. The molecule has 4 atom stereocenters. The van der Waals surface area contributed by atoms with Gasteiger partial charge in [-0.3, -0.25) is 47.9 Å². The number of aromatic hydroxyl groups is 1. The van der Waals surface area contributed by atoms with Gasteiger partial charge in [0.1, 0.15) is 23.9 Å². The second-order valence-electron chi connectivity index (χ2n) is 18.9. The van der Waals surface area contributed by atoms with E-state index in [1.807, 2.05) is 106 Å². The molecule has 23 nitrogen and oxygen atoms in total. The Morgan fingerprint density at radius 3 is 1.54 bits per heavy atom. The summed E-state index contributed by atoms with van der Waals surface area (Å²) in [4.78, 5) is 124. The molecule has 15 N–H and O–H groups in total. The Morgan fingerprint density at radius 2 is 1.10 bits per heavy atom. The summed E-state index contributed by atoms with van der Waals surface area (Å²) in [5.41, 5.74) is 13.5. The number of amides is 7. The number of carbonyl (C=O) groups is 10. The molecule has 0 saturated heterocycles. The molecule has 4 aromatic rings. The van der Waals surface area contributed by atoms with Gasteiger partial charge in [0.05, 0.1) is 38.6 Å². The summed E-state index contributed by atoms with van der Waals surface area (Å²) in [6.45, 7) is 23.5. The van der Waals surface area contributed by atoms with Gasteiger partial charge in [-0.05, 0) is 75.5 Å². The van der Waals surface area contributed by atoms with Gasteiger partial charge < -0.3 is 69.0 Å². The van der Waals surface area contributed by atoms with Crippen LogP contribution in [0.1, 0.15) is 119 Å². The van der Waals surface area contributed by atoms with Crippen LogP contribution < -0.4 is 48.7 Å². The molecule has 0 spiro atoms. The Morgan fingerprint density at radius 1 is 0.631 bits per heavy atom. The number of carboxylic acid groups (broad SMARTS) is 2. The van der Waals surface area contributed by atoms with E-state index in [0.717, 1.165) is 10.9 Å². The number of primary amides is 1. The number of ketones is 1. The number of aromatic amines is 1. The van der Waals surface area contributed by atoms with Crippen molar-refractivity contribution in [3.8, 4) is 5.75 Å². The van der Waals surface area contributed by atoms with Crippen molar-refractivity contribution in [2.24, 2.45) is 17.4 Å². The van der Waals surface area contributed by atoms with E-state index in [9.17, 15) is 53.1 Å². The number of carboxylic acids is 2. The topological polar surface area (TPSA) is 383 Å². The van der Waals surface area contributed by atoms with Crippen molar-refractivity contribution in [2.45, 2.75) is 152 Å². The number of hydrogen-bond donors (Lipinski definition) is 13. The van der Waals surface area contributed by atoms with Crippen molar-refractivity contribution in [1.29, 1.82) is 0 Å². The molecule has 4 rings (SSSR count). The fourth-order valence-corrected chi connectivity index (χ4v) is 6.83. The van der Waals surface area contributed by atoms with Crippen LogP contribution in [0.5, 0.6) is 5.75 Å². The molecule has 0 saturated carbocycles. The lowest BCUT2D eigenvalue weighted by Crippen LogP contribution is -2.55. The van der Waals surface area contributed by atoms with Crippen LogP contribution in [0, 0.1) is 12.8 Å². The molecule has 1 aromatic heterocycles. The third-order valence-corrected chi connectivity index (χ3v) is 11.3. The second kappa shape index (κ2) is 46.6. The molecule has 84 heavy (non-hydrogen) atoms. The van der Waals surface area contributed by atoms with E-state index in [0.29, 0.717) is 17.5 Å². The number of aliphatic carboxylic acids is 2. The van der Waals surface area contributed by atoms with E-state index < -0.39 is 104 Å². The number of hydrogen-bond acceptors (Lipinski definition) is 14. The normalized spacial score (nSPS) is 11.5. The molecule has 0 bridgehead atoms. The Balaban J connectivity index is -0.00000161. The van der Waals surface area contributed by atoms with Crippen LogP contribution >= 0.6 is 11.8 Å². The smallest absolute Gasteiger partial charge is 0.305 e. The van der Waals surface area contributed by atoms with Gasteiger partial charge in [-0.25, -0.2) is 0 Å². The van der Waals surface area contributed by atoms with E-state index in [4.69, 9.17) is 21.7 Å². The first-order chi connectivity index (χ1) is 39.7. The molecule has 0 radical (unpaired) electrons. The van der Waals surface area contributed by atoms with Crippen molar-refractivity contribution < 1.29 is 63.3 Å². The zero-order chi connectivity index (χ0) is 65.0. The average Bonchev–Trinajstić information content (AvgIpc) is 3.94. The number of para-hydroxylation sites is 1. The minimum absolute atomic E-state index is 0.00104. The largest absolute Gasteiger partial charge is 0.508 e. The number of rotatable bonds is 26.